The molecular formula is C19H27N3O3. The van der Waals surface area contributed by atoms with Crippen LogP contribution in [0.1, 0.15) is 25.3 Å². The first kappa shape index (κ1) is 17.9. The summed E-state index contributed by atoms with van der Waals surface area (Å²) in [5.74, 6) is 0.0994. The number of hydrogen-bond acceptors (Lipinski definition) is 4. The lowest BCUT2D eigenvalue weighted by Crippen LogP contribution is -2.55. The monoisotopic (exact) mass is 345 g/mol. The van der Waals surface area contributed by atoms with Crippen molar-refractivity contribution in [2.45, 2.75) is 38.8 Å². The highest BCUT2D eigenvalue weighted by atomic mass is 16.5. The van der Waals surface area contributed by atoms with Crippen LogP contribution in [0.25, 0.3) is 0 Å². The topological polar surface area (TPSA) is 61.9 Å². The molecule has 1 N–H and O–H groups in total. The van der Waals surface area contributed by atoms with E-state index in [9.17, 15) is 9.59 Å². The van der Waals surface area contributed by atoms with Gasteiger partial charge in [0, 0.05) is 38.5 Å². The van der Waals surface area contributed by atoms with Crippen molar-refractivity contribution in [3.05, 3.63) is 29.8 Å². The molecule has 1 aromatic carbocycles. The Morgan fingerprint density at radius 2 is 1.92 bits per heavy atom. The number of piperazine rings is 1. The van der Waals surface area contributed by atoms with Crippen LogP contribution in [0.15, 0.2) is 24.3 Å². The summed E-state index contributed by atoms with van der Waals surface area (Å²) in [6, 6.07) is 7.55. The van der Waals surface area contributed by atoms with Gasteiger partial charge in [-0.3, -0.25) is 14.5 Å². The standard InChI is InChI=1S/C19H27N3O3/c1-14-6-3-4-7-16(14)20-18(23)15(2)21-9-11-22(12-10-21)19(24)17-8-5-13-25-17/h3-4,6-7,15,17H,5,8-13H2,1-2H3,(H,20,23)/t15-,17+/m0/s1. The van der Waals surface area contributed by atoms with E-state index in [1.54, 1.807) is 0 Å². The smallest absolute Gasteiger partial charge is 0.251 e. The Hall–Kier alpha value is -1.92. The normalized spacial score (nSPS) is 22.6. The van der Waals surface area contributed by atoms with Crippen molar-refractivity contribution in [1.82, 2.24) is 9.80 Å². The molecule has 0 aliphatic carbocycles. The van der Waals surface area contributed by atoms with Gasteiger partial charge in [-0.15, -0.1) is 0 Å². The first-order chi connectivity index (χ1) is 12.1. The highest BCUT2D eigenvalue weighted by Gasteiger charge is 2.32. The van der Waals surface area contributed by atoms with E-state index in [1.165, 1.54) is 0 Å². The maximum atomic E-state index is 12.5. The lowest BCUT2D eigenvalue weighted by atomic mass is 10.1. The van der Waals surface area contributed by atoms with E-state index in [1.807, 2.05) is 43.0 Å². The highest BCUT2D eigenvalue weighted by Crippen LogP contribution is 2.18. The minimum absolute atomic E-state index is 0.00629. The zero-order valence-corrected chi connectivity index (χ0v) is 15.0. The Morgan fingerprint density at radius 1 is 1.20 bits per heavy atom. The van der Waals surface area contributed by atoms with Gasteiger partial charge in [0.15, 0.2) is 0 Å². The molecule has 0 unspecified atom stereocenters. The molecule has 2 fully saturated rings. The van der Waals surface area contributed by atoms with Crippen LogP contribution in [0.5, 0.6) is 0 Å². The van der Waals surface area contributed by atoms with Gasteiger partial charge in [0.25, 0.3) is 5.91 Å². The van der Waals surface area contributed by atoms with Gasteiger partial charge in [0.1, 0.15) is 6.10 Å². The number of rotatable bonds is 4. The van der Waals surface area contributed by atoms with Crippen LogP contribution in [0, 0.1) is 6.92 Å². The molecule has 1 aromatic rings. The van der Waals surface area contributed by atoms with Gasteiger partial charge in [-0.1, -0.05) is 18.2 Å². The van der Waals surface area contributed by atoms with Crippen LogP contribution in [0.2, 0.25) is 0 Å². The van der Waals surface area contributed by atoms with E-state index in [0.29, 0.717) is 32.8 Å². The molecule has 2 heterocycles. The minimum atomic E-state index is -0.256. The summed E-state index contributed by atoms with van der Waals surface area (Å²) in [5.41, 5.74) is 1.90. The molecule has 0 aromatic heterocycles. The van der Waals surface area contributed by atoms with E-state index in [2.05, 4.69) is 10.2 Å². The third-order valence-corrected chi connectivity index (χ3v) is 5.16. The molecule has 6 heteroatoms. The van der Waals surface area contributed by atoms with Gasteiger partial charge in [-0.25, -0.2) is 0 Å². The van der Waals surface area contributed by atoms with E-state index in [4.69, 9.17) is 4.74 Å². The number of anilines is 1. The molecule has 2 aliphatic heterocycles. The van der Waals surface area contributed by atoms with Gasteiger partial charge >= 0.3 is 0 Å². The van der Waals surface area contributed by atoms with Crippen molar-refractivity contribution in [3.63, 3.8) is 0 Å². The summed E-state index contributed by atoms with van der Waals surface area (Å²) < 4.78 is 5.49. The predicted molar refractivity (Wildman–Crippen MR) is 96.4 cm³/mol. The number of nitrogens with zero attached hydrogens (tertiary/aromatic N) is 2. The number of carbonyl (C=O) groups excluding carboxylic acids is 2. The number of nitrogens with one attached hydrogen (secondary N) is 1. The fraction of sp³-hybridized carbons (Fsp3) is 0.579. The number of ether oxygens (including phenoxy) is 1. The molecule has 0 saturated carbocycles. The van der Waals surface area contributed by atoms with E-state index >= 15 is 0 Å². The Bertz CT molecular complexity index is 620. The number of benzene rings is 1. The van der Waals surface area contributed by atoms with Crippen LogP contribution in [0.3, 0.4) is 0 Å². The molecule has 25 heavy (non-hydrogen) atoms. The van der Waals surface area contributed by atoms with Gasteiger partial charge in [-0.2, -0.15) is 0 Å². The predicted octanol–water partition coefficient (Wildman–Crippen LogP) is 1.65. The molecule has 136 valence electrons. The van der Waals surface area contributed by atoms with Crippen LogP contribution in [0.4, 0.5) is 5.69 Å². The van der Waals surface area contributed by atoms with Crippen LogP contribution < -0.4 is 5.32 Å². The number of aryl methyl sites for hydroxylation is 1. The first-order valence-electron chi connectivity index (χ1n) is 9.07. The van der Waals surface area contributed by atoms with Crippen molar-refractivity contribution in [1.29, 1.82) is 0 Å². The van der Waals surface area contributed by atoms with Crippen molar-refractivity contribution in [3.8, 4) is 0 Å². The summed E-state index contributed by atoms with van der Waals surface area (Å²) in [4.78, 5) is 28.9. The number of carbonyl (C=O) groups is 2. The van der Waals surface area contributed by atoms with Gasteiger partial charge in [-0.05, 0) is 38.3 Å². The molecule has 2 saturated heterocycles. The Labute approximate surface area is 149 Å². The van der Waals surface area contributed by atoms with Gasteiger partial charge < -0.3 is 15.0 Å². The van der Waals surface area contributed by atoms with Crippen LogP contribution in [-0.4, -0.2) is 66.5 Å². The van der Waals surface area contributed by atoms with Crippen LogP contribution >= 0.6 is 0 Å². The summed E-state index contributed by atoms with van der Waals surface area (Å²) >= 11 is 0. The summed E-state index contributed by atoms with van der Waals surface area (Å²) in [6.07, 6.45) is 1.54. The maximum absolute atomic E-state index is 12.5. The second-order valence-electron chi connectivity index (χ2n) is 6.84. The molecule has 3 rings (SSSR count). The molecule has 0 bridgehead atoms. The largest absolute Gasteiger partial charge is 0.368 e. The quantitative estimate of drug-likeness (QED) is 0.901. The fourth-order valence-electron chi connectivity index (χ4n) is 3.42. The summed E-state index contributed by atoms with van der Waals surface area (Å²) in [6.45, 7) is 7.32. The Balaban J connectivity index is 1.50. The molecule has 6 nitrogen and oxygen atoms in total. The zero-order valence-electron chi connectivity index (χ0n) is 15.0. The van der Waals surface area contributed by atoms with Crippen molar-refractivity contribution in [2.75, 3.05) is 38.1 Å². The minimum Gasteiger partial charge on any atom is -0.368 e. The Kier molecular flexibility index (Phi) is 5.71. The molecular weight excluding hydrogens is 318 g/mol. The maximum Gasteiger partial charge on any atom is 0.251 e. The lowest BCUT2D eigenvalue weighted by molar-refractivity contribution is -0.143. The number of amides is 2. The highest BCUT2D eigenvalue weighted by molar-refractivity contribution is 5.95. The summed E-state index contributed by atoms with van der Waals surface area (Å²) in [7, 11) is 0. The first-order valence-corrected chi connectivity index (χ1v) is 9.07. The molecule has 0 radical (unpaired) electrons. The average molecular weight is 345 g/mol. The van der Waals surface area contributed by atoms with Crippen molar-refractivity contribution in [2.24, 2.45) is 0 Å². The molecule has 2 atom stereocenters. The SMILES string of the molecule is Cc1ccccc1NC(=O)[C@H](C)N1CCN(C(=O)[C@H]2CCCO2)CC1. The second kappa shape index (κ2) is 7.97. The second-order valence-corrected chi connectivity index (χ2v) is 6.84. The fourth-order valence-corrected chi connectivity index (χ4v) is 3.42. The van der Waals surface area contributed by atoms with E-state index < -0.39 is 0 Å². The molecule has 0 spiro atoms. The molecule has 2 amide bonds. The van der Waals surface area contributed by atoms with E-state index in [-0.39, 0.29) is 24.0 Å². The summed E-state index contributed by atoms with van der Waals surface area (Å²) in [5, 5.41) is 3.00. The van der Waals surface area contributed by atoms with Gasteiger partial charge in [0.05, 0.1) is 6.04 Å². The van der Waals surface area contributed by atoms with Crippen molar-refractivity contribution >= 4 is 17.5 Å². The Morgan fingerprint density at radius 3 is 2.56 bits per heavy atom. The third kappa shape index (κ3) is 4.19. The molecule has 2 aliphatic rings. The lowest BCUT2D eigenvalue weighted by Gasteiger charge is -2.38. The van der Waals surface area contributed by atoms with Gasteiger partial charge in [0.2, 0.25) is 5.91 Å². The zero-order chi connectivity index (χ0) is 17.8. The average Bonchev–Trinajstić information content (AvgIpc) is 3.17. The van der Waals surface area contributed by atoms with Crippen LogP contribution in [-0.2, 0) is 14.3 Å². The third-order valence-electron chi connectivity index (χ3n) is 5.16. The number of hydrogen-bond donors (Lipinski definition) is 1. The number of para-hydroxylation sites is 1. The van der Waals surface area contributed by atoms with Crippen molar-refractivity contribution < 1.29 is 14.3 Å². The van der Waals surface area contributed by atoms with E-state index in [0.717, 1.165) is 24.1 Å².